The molecule has 0 atom stereocenters. The van der Waals surface area contributed by atoms with Gasteiger partial charge in [0.25, 0.3) is 0 Å². The van der Waals surface area contributed by atoms with Gasteiger partial charge in [0.05, 0.1) is 0 Å². The Morgan fingerprint density at radius 2 is 2.06 bits per heavy atom. The Morgan fingerprint density at radius 3 is 2.53 bits per heavy atom. The summed E-state index contributed by atoms with van der Waals surface area (Å²) in [4.78, 5) is 13.6. The third-order valence-corrected chi connectivity index (χ3v) is 2.75. The van der Waals surface area contributed by atoms with Crippen LogP contribution in [0.2, 0.25) is 0 Å². The maximum Gasteiger partial charge on any atom is 0.471 e. The molecule has 1 heterocycles. The lowest BCUT2D eigenvalue weighted by Crippen LogP contribution is -2.56. The van der Waals surface area contributed by atoms with E-state index in [-0.39, 0.29) is 25.6 Å². The van der Waals surface area contributed by atoms with Gasteiger partial charge in [0, 0.05) is 38.7 Å². The van der Waals surface area contributed by atoms with Crippen LogP contribution < -0.4 is 0 Å². The van der Waals surface area contributed by atoms with Gasteiger partial charge in [-0.3, -0.25) is 4.79 Å². The number of carbonyl (C=O) groups excluding carboxylic acids is 1. The summed E-state index contributed by atoms with van der Waals surface area (Å²) in [7, 11) is 1.85. The van der Waals surface area contributed by atoms with Crippen LogP contribution in [0.1, 0.15) is 6.42 Å². The second-order valence-corrected chi connectivity index (χ2v) is 4.41. The summed E-state index contributed by atoms with van der Waals surface area (Å²) in [5.74, 6) is -1.64. The molecule has 0 unspecified atom stereocenters. The van der Waals surface area contributed by atoms with Crippen molar-refractivity contribution in [3.8, 4) is 0 Å². The van der Waals surface area contributed by atoms with Crippen LogP contribution in [0, 0.1) is 5.92 Å². The summed E-state index contributed by atoms with van der Waals surface area (Å²) in [5.41, 5.74) is 0. The first kappa shape index (κ1) is 14.2. The summed E-state index contributed by atoms with van der Waals surface area (Å²) < 4.78 is 36.1. The highest BCUT2D eigenvalue weighted by Gasteiger charge is 2.46. The number of aliphatic hydroxyl groups excluding tert-OH is 1. The minimum Gasteiger partial charge on any atom is -0.396 e. The van der Waals surface area contributed by atoms with Crippen LogP contribution in [-0.2, 0) is 4.79 Å². The Morgan fingerprint density at radius 1 is 1.47 bits per heavy atom. The van der Waals surface area contributed by atoms with Crippen LogP contribution in [0.25, 0.3) is 0 Å². The van der Waals surface area contributed by atoms with E-state index >= 15 is 0 Å². The maximum atomic E-state index is 12.0. The number of likely N-dealkylation sites (tertiary alicyclic amines) is 1. The van der Waals surface area contributed by atoms with E-state index in [4.69, 9.17) is 5.11 Å². The number of halogens is 3. The van der Waals surface area contributed by atoms with E-state index in [1.54, 1.807) is 0 Å². The number of rotatable bonds is 5. The molecule has 17 heavy (non-hydrogen) atoms. The number of hydrogen-bond donors (Lipinski definition) is 1. The van der Waals surface area contributed by atoms with Crippen molar-refractivity contribution in [2.75, 3.05) is 39.8 Å². The van der Waals surface area contributed by atoms with E-state index in [1.807, 2.05) is 11.9 Å². The predicted octanol–water partition coefficient (Wildman–Crippen LogP) is 0.321. The van der Waals surface area contributed by atoms with E-state index in [2.05, 4.69) is 0 Å². The molecule has 1 N–H and O–H groups in total. The molecule has 1 aliphatic rings. The Labute approximate surface area is 98.0 Å². The molecule has 1 rings (SSSR count). The first-order valence-electron chi connectivity index (χ1n) is 5.50. The van der Waals surface area contributed by atoms with Gasteiger partial charge in [-0.15, -0.1) is 0 Å². The third-order valence-electron chi connectivity index (χ3n) is 2.75. The molecule has 7 heteroatoms. The van der Waals surface area contributed by atoms with Crippen molar-refractivity contribution in [1.29, 1.82) is 0 Å². The highest BCUT2D eigenvalue weighted by Crippen LogP contribution is 2.25. The first-order valence-corrected chi connectivity index (χ1v) is 5.50. The zero-order valence-corrected chi connectivity index (χ0v) is 9.70. The van der Waals surface area contributed by atoms with Gasteiger partial charge in [0.2, 0.25) is 0 Å². The normalized spacial score (nSPS) is 17.4. The van der Waals surface area contributed by atoms with Gasteiger partial charge in [0.15, 0.2) is 0 Å². The summed E-state index contributed by atoms with van der Waals surface area (Å²) >= 11 is 0. The Balaban J connectivity index is 2.21. The van der Waals surface area contributed by atoms with Gasteiger partial charge in [-0.25, -0.2) is 0 Å². The summed E-state index contributed by atoms with van der Waals surface area (Å²) in [6.45, 7) is 1.80. The molecule has 1 saturated heterocycles. The van der Waals surface area contributed by atoms with Gasteiger partial charge >= 0.3 is 12.1 Å². The number of amides is 1. The summed E-state index contributed by atoms with van der Waals surface area (Å²) in [6.07, 6.45) is -4.11. The van der Waals surface area contributed by atoms with Crippen LogP contribution in [-0.4, -0.2) is 66.8 Å². The third kappa shape index (κ3) is 4.16. The molecular weight excluding hydrogens is 237 g/mol. The van der Waals surface area contributed by atoms with Gasteiger partial charge in [-0.1, -0.05) is 0 Å². The zero-order chi connectivity index (χ0) is 13.1. The van der Waals surface area contributed by atoms with E-state index in [0.29, 0.717) is 19.5 Å². The second kappa shape index (κ2) is 5.68. The summed E-state index contributed by atoms with van der Waals surface area (Å²) in [6, 6.07) is 0. The number of carbonyl (C=O) groups is 1. The molecule has 0 bridgehead atoms. The maximum absolute atomic E-state index is 12.0. The number of alkyl halides is 3. The van der Waals surface area contributed by atoms with Crippen molar-refractivity contribution in [3.63, 3.8) is 0 Å². The zero-order valence-electron chi connectivity index (χ0n) is 9.70. The lowest BCUT2D eigenvalue weighted by Gasteiger charge is -2.41. The molecule has 0 spiro atoms. The predicted molar refractivity (Wildman–Crippen MR) is 55.3 cm³/mol. The number of nitrogens with zero attached hydrogens (tertiary/aromatic N) is 2. The average molecular weight is 254 g/mol. The molecule has 0 aromatic carbocycles. The Bertz CT molecular complexity index is 265. The molecule has 0 saturated carbocycles. The van der Waals surface area contributed by atoms with Crippen molar-refractivity contribution in [2.24, 2.45) is 5.92 Å². The second-order valence-electron chi connectivity index (χ2n) is 4.41. The van der Waals surface area contributed by atoms with Gasteiger partial charge in [-0.05, 0) is 13.5 Å². The van der Waals surface area contributed by atoms with Crippen molar-refractivity contribution < 1.29 is 23.1 Å². The fourth-order valence-electron chi connectivity index (χ4n) is 1.90. The van der Waals surface area contributed by atoms with Gasteiger partial charge in [0.1, 0.15) is 0 Å². The van der Waals surface area contributed by atoms with Crippen LogP contribution in [0.15, 0.2) is 0 Å². The van der Waals surface area contributed by atoms with Crippen molar-refractivity contribution >= 4 is 5.91 Å². The SMILES string of the molecule is CN(CCCO)CC1CN(C(=O)C(F)(F)F)C1. The lowest BCUT2D eigenvalue weighted by molar-refractivity contribution is -0.191. The van der Waals surface area contributed by atoms with Crippen LogP contribution >= 0.6 is 0 Å². The van der Waals surface area contributed by atoms with Crippen molar-refractivity contribution in [3.05, 3.63) is 0 Å². The van der Waals surface area contributed by atoms with E-state index < -0.39 is 12.1 Å². The Kier molecular flexibility index (Phi) is 4.76. The molecule has 0 radical (unpaired) electrons. The van der Waals surface area contributed by atoms with Crippen molar-refractivity contribution in [2.45, 2.75) is 12.6 Å². The number of hydrogen-bond acceptors (Lipinski definition) is 3. The van der Waals surface area contributed by atoms with Crippen LogP contribution in [0.5, 0.6) is 0 Å². The minimum atomic E-state index is -4.76. The minimum absolute atomic E-state index is 0.102. The monoisotopic (exact) mass is 254 g/mol. The van der Waals surface area contributed by atoms with Crippen molar-refractivity contribution in [1.82, 2.24) is 9.80 Å². The van der Waals surface area contributed by atoms with Crippen LogP contribution in [0.4, 0.5) is 13.2 Å². The molecule has 0 aliphatic carbocycles. The molecule has 4 nitrogen and oxygen atoms in total. The van der Waals surface area contributed by atoms with E-state index in [0.717, 1.165) is 4.90 Å². The van der Waals surface area contributed by atoms with Gasteiger partial charge in [-0.2, -0.15) is 13.2 Å². The largest absolute Gasteiger partial charge is 0.471 e. The van der Waals surface area contributed by atoms with Gasteiger partial charge < -0.3 is 14.9 Å². The first-order chi connectivity index (χ1) is 7.84. The van der Waals surface area contributed by atoms with E-state index in [9.17, 15) is 18.0 Å². The Hall–Kier alpha value is -0.820. The lowest BCUT2D eigenvalue weighted by atomic mass is 9.99. The molecular formula is C10H17F3N2O2. The average Bonchev–Trinajstić information content (AvgIpc) is 2.17. The molecule has 100 valence electrons. The molecule has 0 aromatic rings. The smallest absolute Gasteiger partial charge is 0.396 e. The standard InChI is InChI=1S/C10H17F3N2O2/c1-14(3-2-4-16)5-8-6-15(7-8)9(17)10(11,12)13/h8,16H,2-7H2,1H3. The number of aliphatic hydroxyl groups is 1. The molecule has 1 amide bonds. The highest BCUT2D eigenvalue weighted by atomic mass is 19.4. The fourth-order valence-corrected chi connectivity index (χ4v) is 1.90. The summed E-state index contributed by atoms with van der Waals surface area (Å²) in [5, 5.41) is 8.62. The molecule has 0 aromatic heterocycles. The fraction of sp³-hybridized carbons (Fsp3) is 0.900. The molecule has 1 fully saturated rings. The van der Waals surface area contributed by atoms with Crippen LogP contribution in [0.3, 0.4) is 0 Å². The quantitative estimate of drug-likeness (QED) is 0.768. The highest BCUT2D eigenvalue weighted by molar-refractivity contribution is 5.82. The molecule has 1 aliphatic heterocycles. The van der Waals surface area contributed by atoms with E-state index in [1.165, 1.54) is 0 Å². The topological polar surface area (TPSA) is 43.8 Å².